The molecule has 1 aliphatic heterocycles. The molecule has 0 saturated carbocycles. The number of benzene rings is 1. The van der Waals surface area contributed by atoms with Crippen LogP contribution in [0.5, 0.6) is 0 Å². The Hall–Kier alpha value is -1.75. The van der Waals surface area contributed by atoms with Gasteiger partial charge in [-0.15, -0.1) is 24.0 Å². The summed E-state index contributed by atoms with van der Waals surface area (Å²) in [5.41, 5.74) is 1.30. The molecular formula is C20H28F2IN5O. The third-order valence-corrected chi connectivity index (χ3v) is 4.72. The Bertz CT molecular complexity index is 806. The van der Waals surface area contributed by atoms with Crippen LogP contribution in [-0.2, 0) is 13.0 Å². The number of aliphatic imine (C=N–C) groups is 1. The summed E-state index contributed by atoms with van der Waals surface area (Å²) in [6.45, 7) is 9.33. The van der Waals surface area contributed by atoms with Crippen LogP contribution in [0.2, 0.25) is 0 Å². The van der Waals surface area contributed by atoms with Crippen molar-refractivity contribution in [1.29, 1.82) is 0 Å². The first-order chi connectivity index (χ1) is 13.5. The lowest BCUT2D eigenvalue weighted by Gasteiger charge is -2.36. The van der Waals surface area contributed by atoms with Crippen molar-refractivity contribution < 1.29 is 13.3 Å². The van der Waals surface area contributed by atoms with Gasteiger partial charge in [0.25, 0.3) is 0 Å². The average Bonchev–Trinajstić information content (AvgIpc) is 3.09. The van der Waals surface area contributed by atoms with Crippen LogP contribution in [0.4, 0.5) is 8.78 Å². The second-order valence-electron chi connectivity index (χ2n) is 6.91. The molecule has 0 atom stereocenters. The fourth-order valence-electron chi connectivity index (χ4n) is 3.28. The predicted octanol–water partition coefficient (Wildman–Crippen LogP) is 3.21. The molecule has 0 bridgehead atoms. The van der Waals surface area contributed by atoms with E-state index in [1.165, 1.54) is 6.07 Å². The Labute approximate surface area is 187 Å². The van der Waals surface area contributed by atoms with Crippen LogP contribution in [0.25, 0.3) is 0 Å². The molecule has 29 heavy (non-hydrogen) atoms. The Kier molecular flexibility index (Phi) is 9.28. The van der Waals surface area contributed by atoms with Gasteiger partial charge in [-0.25, -0.2) is 8.78 Å². The monoisotopic (exact) mass is 519 g/mol. The molecule has 1 fully saturated rings. The topological polar surface area (TPSA) is 56.9 Å². The summed E-state index contributed by atoms with van der Waals surface area (Å²) in [5.74, 6) is 0.824. The molecule has 6 nitrogen and oxygen atoms in total. The van der Waals surface area contributed by atoms with Gasteiger partial charge < -0.3 is 14.7 Å². The zero-order valence-electron chi connectivity index (χ0n) is 16.8. The normalized spacial score (nSPS) is 15.3. The lowest BCUT2D eigenvalue weighted by atomic mass is 10.1. The van der Waals surface area contributed by atoms with Gasteiger partial charge in [-0.1, -0.05) is 5.16 Å². The van der Waals surface area contributed by atoms with E-state index in [2.05, 4.69) is 25.3 Å². The van der Waals surface area contributed by atoms with E-state index >= 15 is 0 Å². The van der Waals surface area contributed by atoms with Crippen LogP contribution < -0.4 is 5.32 Å². The molecule has 0 aliphatic carbocycles. The summed E-state index contributed by atoms with van der Waals surface area (Å²) < 4.78 is 32.2. The number of hydrogen-bond acceptors (Lipinski definition) is 4. The van der Waals surface area contributed by atoms with Gasteiger partial charge in [-0.2, -0.15) is 0 Å². The number of rotatable bonds is 6. The Morgan fingerprint density at radius 2 is 1.97 bits per heavy atom. The minimum atomic E-state index is -0.425. The molecule has 1 aliphatic rings. The fraction of sp³-hybridized carbons (Fsp3) is 0.500. The van der Waals surface area contributed by atoms with Crippen molar-refractivity contribution in [3.63, 3.8) is 0 Å². The minimum Gasteiger partial charge on any atom is -0.361 e. The molecule has 2 aromatic rings. The van der Waals surface area contributed by atoms with Crippen molar-refractivity contribution in [2.24, 2.45) is 4.99 Å². The number of aromatic nitrogens is 1. The van der Waals surface area contributed by atoms with E-state index < -0.39 is 11.6 Å². The van der Waals surface area contributed by atoms with Crippen molar-refractivity contribution in [1.82, 2.24) is 20.3 Å². The van der Waals surface area contributed by atoms with E-state index in [1.807, 2.05) is 19.9 Å². The maximum Gasteiger partial charge on any atom is 0.194 e. The molecule has 1 N–H and O–H groups in total. The number of halogens is 3. The second-order valence-corrected chi connectivity index (χ2v) is 6.91. The number of aryl methyl sites for hydroxylation is 1. The molecule has 3 rings (SSSR count). The molecule has 9 heteroatoms. The molecule has 1 aromatic carbocycles. The first kappa shape index (κ1) is 23.5. The first-order valence-corrected chi connectivity index (χ1v) is 9.67. The third-order valence-electron chi connectivity index (χ3n) is 4.72. The fourth-order valence-corrected chi connectivity index (χ4v) is 3.28. The standard InChI is InChI=1S/C20H27F2N5O.HI/c1-3-23-20(24-7-6-16-13-17(21)4-5-19(16)22)27-10-8-26(9-11-27)14-18-12-15(2)28-25-18;/h4-5,12-13H,3,6-11,14H2,1-2H3,(H,23,24);1H. The van der Waals surface area contributed by atoms with Crippen molar-refractivity contribution in [2.45, 2.75) is 26.8 Å². The number of guanidine groups is 1. The van der Waals surface area contributed by atoms with Crippen LogP contribution in [0.3, 0.4) is 0 Å². The quantitative estimate of drug-likeness (QED) is 0.361. The number of hydrogen-bond donors (Lipinski definition) is 1. The Balaban J connectivity index is 0.00000300. The van der Waals surface area contributed by atoms with E-state index in [1.54, 1.807) is 0 Å². The largest absolute Gasteiger partial charge is 0.361 e. The van der Waals surface area contributed by atoms with Crippen LogP contribution in [0.1, 0.15) is 23.9 Å². The molecule has 0 radical (unpaired) electrons. The van der Waals surface area contributed by atoms with Gasteiger partial charge in [-0.3, -0.25) is 9.89 Å². The van der Waals surface area contributed by atoms with Gasteiger partial charge in [-0.05, 0) is 44.0 Å². The van der Waals surface area contributed by atoms with E-state index in [9.17, 15) is 8.78 Å². The van der Waals surface area contributed by atoms with Gasteiger partial charge in [0.15, 0.2) is 5.96 Å². The third kappa shape index (κ3) is 6.91. The van der Waals surface area contributed by atoms with E-state index in [-0.39, 0.29) is 24.0 Å². The average molecular weight is 519 g/mol. The van der Waals surface area contributed by atoms with Crippen LogP contribution in [0.15, 0.2) is 33.8 Å². The van der Waals surface area contributed by atoms with E-state index in [4.69, 9.17) is 4.52 Å². The van der Waals surface area contributed by atoms with Gasteiger partial charge in [0, 0.05) is 51.9 Å². The highest BCUT2D eigenvalue weighted by molar-refractivity contribution is 14.0. The number of nitrogens with zero attached hydrogens (tertiary/aromatic N) is 4. The summed E-state index contributed by atoms with van der Waals surface area (Å²) in [6, 6.07) is 5.49. The van der Waals surface area contributed by atoms with Crippen molar-refractivity contribution in [3.8, 4) is 0 Å². The molecule has 0 unspecified atom stereocenters. The summed E-state index contributed by atoms with van der Waals surface area (Å²) in [6.07, 6.45) is 0.365. The molecule has 1 saturated heterocycles. The maximum absolute atomic E-state index is 13.8. The zero-order chi connectivity index (χ0) is 19.9. The zero-order valence-corrected chi connectivity index (χ0v) is 19.2. The van der Waals surface area contributed by atoms with Gasteiger partial charge in [0.1, 0.15) is 17.4 Å². The van der Waals surface area contributed by atoms with Crippen LogP contribution in [-0.4, -0.2) is 60.2 Å². The SMILES string of the molecule is CCNC(=NCCc1cc(F)ccc1F)N1CCN(Cc2cc(C)on2)CC1.I. The predicted molar refractivity (Wildman–Crippen MR) is 120 cm³/mol. The highest BCUT2D eigenvalue weighted by Gasteiger charge is 2.20. The molecule has 160 valence electrons. The van der Waals surface area contributed by atoms with Crippen molar-refractivity contribution in [3.05, 3.63) is 52.9 Å². The molecule has 2 heterocycles. The van der Waals surface area contributed by atoms with Crippen LogP contribution in [0, 0.1) is 18.6 Å². The lowest BCUT2D eigenvalue weighted by Crippen LogP contribution is -2.52. The first-order valence-electron chi connectivity index (χ1n) is 9.67. The summed E-state index contributed by atoms with van der Waals surface area (Å²) in [4.78, 5) is 9.15. The maximum atomic E-state index is 13.8. The molecule has 0 amide bonds. The summed E-state index contributed by atoms with van der Waals surface area (Å²) in [5, 5.41) is 7.35. The second kappa shape index (κ2) is 11.4. The van der Waals surface area contributed by atoms with Gasteiger partial charge >= 0.3 is 0 Å². The van der Waals surface area contributed by atoms with Gasteiger partial charge in [0.05, 0.1) is 5.69 Å². The van der Waals surface area contributed by atoms with Crippen molar-refractivity contribution in [2.75, 3.05) is 39.3 Å². The van der Waals surface area contributed by atoms with E-state index in [0.29, 0.717) is 18.5 Å². The number of piperazine rings is 1. The highest BCUT2D eigenvalue weighted by Crippen LogP contribution is 2.11. The Morgan fingerprint density at radius 1 is 1.21 bits per heavy atom. The summed E-state index contributed by atoms with van der Waals surface area (Å²) in [7, 11) is 0. The van der Waals surface area contributed by atoms with E-state index in [0.717, 1.165) is 68.8 Å². The lowest BCUT2D eigenvalue weighted by molar-refractivity contribution is 0.169. The molecule has 0 spiro atoms. The highest BCUT2D eigenvalue weighted by atomic mass is 127. The molecule has 1 aromatic heterocycles. The summed E-state index contributed by atoms with van der Waals surface area (Å²) >= 11 is 0. The minimum absolute atomic E-state index is 0. The van der Waals surface area contributed by atoms with Gasteiger partial charge in [0.2, 0.25) is 0 Å². The van der Waals surface area contributed by atoms with Crippen molar-refractivity contribution >= 4 is 29.9 Å². The Morgan fingerprint density at radius 3 is 2.62 bits per heavy atom. The molecular weight excluding hydrogens is 491 g/mol. The number of nitrogens with one attached hydrogen (secondary N) is 1. The van der Waals surface area contributed by atoms with Crippen LogP contribution >= 0.6 is 24.0 Å². The smallest absolute Gasteiger partial charge is 0.194 e.